The van der Waals surface area contributed by atoms with Crippen LogP contribution in [-0.4, -0.2) is 31.1 Å². The van der Waals surface area contributed by atoms with Crippen LogP contribution in [0.1, 0.15) is 29.5 Å². The Hall–Kier alpha value is -2.33. The number of nitrogens with one attached hydrogen (secondary N) is 1. The Morgan fingerprint density at radius 2 is 1.69 bits per heavy atom. The Morgan fingerprint density at radius 1 is 1.04 bits per heavy atom. The highest BCUT2D eigenvalue weighted by Crippen LogP contribution is 2.21. The number of rotatable bonds is 6. The Labute approximate surface area is 156 Å². The van der Waals surface area contributed by atoms with Gasteiger partial charge in [-0.3, -0.25) is 0 Å². The molecule has 4 nitrogen and oxygen atoms in total. The maximum Gasteiger partial charge on any atom is 0.317 e. The SMILES string of the molecule is COCc1ccccc1CNC(=O)N1CCC(Cc2ccccc2)CC1. The molecule has 2 aromatic carbocycles. The number of hydrogen-bond donors (Lipinski definition) is 1. The summed E-state index contributed by atoms with van der Waals surface area (Å²) in [4.78, 5) is 14.4. The van der Waals surface area contributed by atoms with Crippen LogP contribution in [0.25, 0.3) is 0 Å². The van der Waals surface area contributed by atoms with E-state index in [1.807, 2.05) is 29.2 Å². The minimum atomic E-state index is 0.0374. The second-order valence-electron chi connectivity index (χ2n) is 6.98. The molecule has 0 bridgehead atoms. The second kappa shape index (κ2) is 9.39. The van der Waals surface area contributed by atoms with Gasteiger partial charge in [0.25, 0.3) is 0 Å². The smallest absolute Gasteiger partial charge is 0.317 e. The summed E-state index contributed by atoms with van der Waals surface area (Å²) in [6.45, 7) is 2.78. The van der Waals surface area contributed by atoms with Gasteiger partial charge in [-0.15, -0.1) is 0 Å². The molecule has 0 spiro atoms. The highest BCUT2D eigenvalue weighted by atomic mass is 16.5. The number of urea groups is 1. The fraction of sp³-hybridized carbons (Fsp3) is 0.409. The van der Waals surface area contributed by atoms with Gasteiger partial charge in [0.1, 0.15) is 0 Å². The summed E-state index contributed by atoms with van der Waals surface area (Å²) in [6, 6.07) is 18.7. The van der Waals surface area contributed by atoms with Crippen molar-refractivity contribution in [3.05, 3.63) is 71.3 Å². The van der Waals surface area contributed by atoms with Crippen molar-refractivity contribution in [1.29, 1.82) is 0 Å². The van der Waals surface area contributed by atoms with Gasteiger partial charge in [-0.1, -0.05) is 54.6 Å². The Balaban J connectivity index is 1.45. The molecule has 1 saturated heterocycles. The van der Waals surface area contributed by atoms with Crippen molar-refractivity contribution in [3.63, 3.8) is 0 Å². The first-order valence-electron chi connectivity index (χ1n) is 9.38. The van der Waals surface area contributed by atoms with Crippen LogP contribution < -0.4 is 5.32 Å². The molecule has 0 aliphatic carbocycles. The molecule has 138 valence electrons. The van der Waals surface area contributed by atoms with Crippen molar-refractivity contribution in [2.75, 3.05) is 20.2 Å². The van der Waals surface area contributed by atoms with E-state index in [-0.39, 0.29) is 6.03 Å². The first kappa shape index (κ1) is 18.5. The highest BCUT2D eigenvalue weighted by Gasteiger charge is 2.22. The van der Waals surface area contributed by atoms with E-state index in [1.165, 1.54) is 5.56 Å². The van der Waals surface area contributed by atoms with Crippen LogP contribution in [0.3, 0.4) is 0 Å². The summed E-state index contributed by atoms with van der Waals surface area (Å²) in [7, 11) is 1.69. The van der Waals surface area contributed by atoms with Crippen LogP contribution in [0.2, 0.25) is 0 Å². The van der Waals surface area contributed by atoms with E-state index >= 15 is 0 Å². The van der Waals surface area contributed by atoms with Crippen molar-refractivity contribution in [3.8, 4) is 0 Å². The van der Waals surface area contributed by atoms with Crippen LogP contribution in [0, 0.1) is 5.92 Å². The average molecular weight is 352 g/mol. The lowest BCUT2D eigenvalue weighted by atomic mass is 9.90. The van der Waals surface area contributed by atoms with Gasteiger partial charge in [0.05, 0.1) is 6.61 Å². The van der Waals surface area contributed by atoms with Crippen LogP contribution in [-0.2, 0) is 24.3 Å². The number of amides is 2. The van der Waals surface area contributed by atoms with E-state index in [4.69, 9.17) is 4.74 Å². The number of benzene rings is 2. The van der Waals surface area contributed by atoms with Crippen LogP contribution in [0.5, 0.6) is 0 Å². The average Bonchev–Trinajstić information content (AvgIpc) is 2.69. The highest BCUT2D eigenvalue weighted by molar-refractivity contribution is 5.74. The van der Waals surface area contributed by atoms with Crippen LogP contribution >= 0.6 is 0 Å². The summed E-state index contributed by atoms with van der Waals surface area (Å²) < 4.78 is 5.23. The van der Waals surface area contributed by atoms with Gasteiger partial charge < -0.3 is 15.0 Å². The first-order valence-corrected chi connectivity index (χ1v) is 9.38. The number of carbonyl (C=O) groups excluding carboxylic acids is 1. The van der Waals surface area contributed by atoms with Crippen molar-refractivity contribution in [1.82, 2.24) is 10.2 Å². The molecule has 3 rings (SSSR count). The summed E-state index contributed by atoms with van der Waals surface area (Å²) in [5.74, 6) is 0.670. The van der Waals surface area contributed by atoms with E-state index in [2.05, 4.69) is 35.6 Å². The number of nitrogens with zero attached hydrogens (tertiary/aromatic N) is 1. The summed E-state index contributed by atoms with van der Waals surface area (Å²) in [5.41, 5.74) is 3.63. The summed E-state index contributed by atoms with van der Waals surface area (Å²) in [6.07, 6.45) is 3.26. The number of piperidine rings is 1. The molecule has 2 aromatic rings. The molecular formula is C22H28N2O2. The van der Waals surface area contributed by atoms with Gasteiger partial charge in [-0.2, -0.15) is 0 Å². The second-order valence-corrected chi connectivity index (χ2v) is 6.98. The number of methoxy groups -OCH3 is 1. The maximum atomic E-state index is 12.5. The van der Waals surface area contributed by atoms with Crippen molar-refractivity contribution in [2.24, 2.45) is 5.92 Å². The van der Waals surface area contributed by atoms with E-state index in [9.17, 15) is 4.79 Å². The number of carbonyl (C=O) groups is 1. The summed E-state index contributed by atoms with van der Waals surface area (Å²) >= 11 is 0. The molecule has 4 heteroatoms. The van der Waals surface area contributed by atoms with Crippen LogP contribution in [0.15, 0.2) is 54.6 Å². The molecule has 1 N–H and O–H groups in total. The Bertz CT molecular complexity index is 694. The number of ether oxygens (including phenoxy) is 1. The minimum absolute atomic E-state index is 0.0374. The third-order valence-corrected chi connectivity index (χ3v) is 5.12. The number of likely N-dealkylation sites (tertiary alicyclic amines) is 1. The molecule has 0 saturated carbocycles. The molecule has 1 fully saturated rings. The third kappa shape index (κ3) is 5.09. The van der Waals surface area contributed by atoms with E-state index in [0.29, 0.717) is 19.1 Å². The van der Waals surface area contributed by atoms with Crippen molar-refractivity contribution < 1.29 is 9.53 Å². The molecular weight excluding hydrogens is 324 g/mol. The standard InChI is InChI=1S/C22H28N2O2/c1-26-17-21-10-6-5-9-20(21)16-23-22(25)24-13-11-19(12-14-24)15-18-7-3-2-4-8-18/h2-10,19H,11-17H2,1H3,(H,23,25). The molecule has 0 unspecified atom stereocenters. The molecule has 0 radical (unpaired) electrons. The number of hydrogen-bond acceptors (Lipinski definition) is 2. The monoisotopic (exact) mass is 352 g/mol. The van der Waals surface area contributed by atoms with E-state index < -0.39 is 0 Å². The molecule has 1 aliphatic heterocycles. The topological polar surface area (TPSA) is 41.6 Å². The summed E-state index contributed by atoms with van der Waals surface area (Å²) in [5, 5.41) is 3.06. The van der Waals surface area contributed by atoms with Crippen molar-refractivity contribution >= 4 is 6.03 Å². The predicted molar refractivity (Wildman–Crippen MR) is 104 cm³/mol. The first-order chi connectivity index (χ1) is 12.8. The zero-order chi connectivity index (χ0) is 18.2. The van der Waals surface area contributed by atoms with Gasteiger partial charge in [0.15, 0.2) is 0 Å². The van der Waals surface area contributed by atoms with Gasteiger partial charge in [0.2, 0.25) is 0 Å². The van der Waals surface area contributed by atoms with E-state index in [1.54, 1.807) is 7.11 Å². The Kier molecular flexibility index (Phi) is 6.67. The molecule has 1 heterocycles. The van der Waals surface area contributed by atoms with Gasteiger partial charge >= 0.3 is 6.03 Å². The molecule has 0 atom stereocenters. The molecule has 26 heavy (non-hydrogen) atoms. The van der Waals surface area contributed by atoms with Gasteiger partial charge in [0, 0.05) is 26.7 Å². The van der Waals surface area contributed by atoms with Crippen LogP contribution in [0.4, 0.5) is 4.79 Å². The van der Waals surface area contributed by atoms with Crippen molar-refractivity contribution in [2.45, 2.75) is 32.4 Å². The largest absolute Gasteiger partial charge is 0.380 e. The lowest BCUT2D eigenvalue weighted by molar-refractivity contribution is 0.169. The predicted octanol–water partition coefficient (Wildman–Crippen LogP) is 4.00. The minimum Gasteiger partial charge on any atom is -0.380 e. The fourth-order valence-corrected chi connectivity index (χ4v) is 3.60. The molecule has 0 aromatic heterocycles. The fourth-order valence-electron chi connectivity index (χ4n) is 3.60. The normalized spacial score (nSPS) is 15.0. The zero-order valence-electron chi connectivity index (χ0n) is 15.5. The molecule has 2 amide bonds. The third-order valence-electron chi connectivity index (χ3n) is 5.12. The molecule has 1 aliphatic rings. The Morgan fingerprint density at radius 3 is 2.38 bits per heavy atom. The van der Waals surface area contributed by atoms with Gasteiger partial charge in [-0.25, -0.2) is 4.79 Å². The van der Waals surface area contributed by atoms with E-state index in [0.717, 1.165) is 43.5 Å². The zero-order valence-corrected chi connectivity index (χ0v) is 15.5. The lowest BCUT2D eigenvalue weighted by Gasteiger charge is -2.32. The lowest BCUT2D eigenvalue weighted by Crippen LogP contribution is -2.44. The quantitative estimate of drug-likeness (QED) is 0.854. The van der Waals surface area contributed by atoms with Gasteiger partial charge in [-0.05, 0) is 41.9 Å². The maximum absolute atomic E-state index is 12.5.